The average molecular weight is 290 g/mol. The number of hydrogen-bond acceptors (Lipinski definition) is 6. The Morgan fingerprint density at radius 2 is 2.33 bits per heavy atom. The molecule has 1 unspecified atom stereocenters. The van der Waals surface area contributed by atoms with Crippen LogP contribution < -0.4 is 11.1 Å². The fraction of sp³-hybridized carbons (Fsp3) is 0.385. The number of methoxy groups -OCH3 is 1. The molecule has 21 heavy (non-hydrogen) atoms. The van der Waals surface area contributed by atoms with Crippen molar-refractivity contribution in [1.29, 1.82) is 0 Å². The normalized spacial score (nSPS) is 12.1. The molecule has 8 nitrogen and oxygen atoms in total. The van der Waals surface area contributed by atoms with Crippen LogP contribution in [0.5, 0.6) is 0 Å². The van der Waals surface area contributed by atoms with Crippen LogP contribution in [-0.2, 0) is 9.53 Å². The number of nitrogens with zero attached hydrogens (tertiary/aromatic N) is 4. The molecule has 0 radical (unpaired) electrons. The van der Waals surface area contributed by atoms with Gasteiger partial charge in [0.25, 0.3) is 0 Å². The summed E-state index contributed by atoms with van der Waals surface area (Å²) in [5, 5.41) is 13.8. The molecule has 1 atom stereocenters. The third kappa shape index (κ3) is 3.83. The molecule has 0 aliphatic rings. The summed E-state index contributed by atoms with van der Waals surface area (Å²) < 4.78 is 6.47. The minimum atomic E-state index is -0.593. The molecule has 1 amide bonds. The molecule has 0 fully saturated rings. The molecular weight excluding hydrogens is 272 g/mol. The molecule has 8 heteroatoms. The third-order valence-electron chi connectivity index (χ3n) is 3.03. The Morgan fingerprint density at radius 3 is 2.95 bits per heavy atom. The average Bonchev–Trinajstić information content (AvgIpc) is 2.98. The van der Waals surface area contributed by atoms with Crippen molar-refractivity contribution < 1.29 is 9.53 Å². The highest BCUT2D eigenvalue weighted by molar-refractivity contribution is 5.94. The molecular formula is C13H18N6O2. The van der Waals surface area contributed by atoms with Crippen molar-refractivity contribution in [3.63, 3.8) is 0 Å². The molecule has 0 aliphatic heterocycles. The van der Waals surface area contributed by atoms with Crippen LogP contribution in [0.2, 0.25) is 0 Å². The standard InChI is InChI=1S/C13H18N6O2/c1-9-7-10(16-13(20)11(14)5-6-21-2)3-4-12(9)19-8-15-17-18-19/h3-4,7-8,11H,5-6,14H2,1-2H3,(H,16,20). The van der Waals surface area contributed by atoms with Crippen LogP contribution in [-0.4, -0.2) is 45.9 Å². The van der Waals surface area contributed by atoms with Gasteiger partial charge < -0.3 is 15.8 Å². The first kappa shape index (κ1) is 15.1. The lowest BCUT2D eigenvalue weighted by Gasteiger charge is -2.13. The summed E-state index contributed by atoms with van der Waals surface area (Å²) in [6, 6.07) is 4.87. The number of tetrazole rings is 1. The number of carbonyl (C=O) groups is 1. The van der Waals surface area contributed by atoms with E-state index in [1.54, 1.807) is 17.9 Å². The summed E-state index contributed by atoms with van der Waals surface area (Å²) in [7, 11) is 1.58. The Hall–Kier alpha value is -2.32. The maximum atomic E-state index is 11.9. The number of hydrogen-bond donors (Lipinski definition) is 2. The van der Waals surface area contributed by atoms with E-state index in [1.165, 1.54) is 6.33 Å². The molecule has 2 aromatic rings. The minimum absolute atomic E-state index is 0.235. The molecule has 0 saturated carbocycles. The number of anilines is 1. The Bertz CT molecular complexity index is 599. The largest absolute Gasteiger partial charge is 0.385 e. The highest BCUT2D eigenvalue weighted by Gasteiger charge is 2.13. The van der Waals surface area contributed by atoms with Gasteiger partial charge in [-0.05, 0) is 47.5 Å². The number of amides is 1. The van der Waals surface area contributed by atoms with Gasteiger partial charge in [0.1, 0.15) is 6.33 Å². The molecule has 1 aromatic heterocycles. The van der Waals surface area contributed by atoms with E-state index in [-0.39, 0.29) is 5.91 Å². The van der Waals surface area contributed by atoms with Crippen LogP contribution >= 0.6 is 0 Å². The van der Waals surface area contributed by atoms with E-state index in [1.807, 2.05) is 19.1 Å². The summed E-state index contributed by atoms with van der Waals surface area (Å²) in [6.45, 7) is 2.36. The molecule has 0 saturated heterocycles. The maximum Gasteiger partial charge on any atom is 0.241 e. The van der Waals surface area contributed by atoms with E-state index in [0.717, 1.165) is 11.3 Å². The molecule has 2 rings (SSSR count). The van der Waals surface area contributed by atoms with Crippen molar-refractivity contribution in [3.05, 3.63) is 30.1 Å². The second-order valence-corrected chi connectivity index (χ2v) is 4.63. The lowest BCUT2D eigenvalue weighted by Crippen LogP contribution is -2.36. The lowest BCUT2D eigenvalue weighted by molar-refractivity contribution is -0.117. The van der Waals surface area contributed by atoms with Crippen molar-refractivity contribution >= 4 is 11.6 Å². The number of nitrogens with one attached hydrogen (secondary N) is 1. The Labute approximate surface area is 122 Å². The molecule has 3 N–H and O–H groups in total. The van der Waals surface area contributed by atoms with Crippen LogP contribution in [0.25, 0.3) is 5.69 Å². The molecule has 112 valence electrons. The predicted octanol–water partition coefficient (Wildman–Crippen LogP) is 0.273. The van der Waals surface area contributed by atoms with Crippen LogP contribution in [0, 0.1) is 6.92 Å². The van der Waals surface area contributed by atoms with Gasteiger partial charge in [-0.1, -0.05) is 0 Å². The van der Waals surface area contributed by atoms with Gasteiger partial charge in [-0.15, -0.1) is 5.10 Å². The van der Waals surface area contributed by atoms with Crippen molar-refractivity contribution in [1.82, 2.24) is 20.2 Å². The Morgan fingerprint density at radius 1 is 1.52 bits per heavy atom. The smallest absolute Gasteiger partial charge is 0.241 e. The van der Waals surface area contributed by atoms with Crippen LogP contribution in [0.4, 0.5) is 5.69 Å². The SMILES string of the molecule is COCCC(N)C(=O)Nc1ccc(-n2cnnn2)c(C)c1. The van der Waals surface area contributed by atoms with Crippen LogP contribution in [0.15, 0.2) is 24.5 Å². The highest BCUT2D eigenvalue weighted by atomic mass is 16.5. The molecule has 0 aliphatic carbocycles. The zero-order valence-electron chi connectivity index (χ0n) is 12.0. The summed E-state index contributed by atoms with van der Waals surface area (Å²) >= 11 is 0. The van der Waals surface area contributed by atoms with Gasteiger partial charge >= 0.3 is 0 Å². The highest BCUT2D eigenvalue weighted by Crippen LogP contribution is 2.18. The topological polar surface area (TPSA) is 108 Å². The van der Waals surface area contributed by atoms with E-state index >= 15 is 0 Å². The summed E-state index contributed by atoms with van der Waals surface area (Å²) in [6.07, 6.45) is 1.99. The fourth-order valence-electron chi connectivity index (χ4n) is 1.87. The first-order valence-corrected chi connectivity index (χ1v) is 6.51. The van der Waals surface area contributed by atoms with Gasteiger partial charge in [-0.25, -0.2) is 4.68 Å². The molecule has 1 aromatic carbocycles. The molecule has 0 spiro atoms. The summed E-state index contributed by atoms with van der Waals surface area (Å²) in [5.74, 6) is -0.235. The van der Waals surface area contributed by atoms with Crippen molar-refractivity contribution in [2.75, 3.05) is 19.0 Å². The third-order valence-corrected chi connectivity index (χ3v) is 3.03. The first-order chi connectivity index (χ1) is 10.1. The maximum absolute atomic E-state index is 11.9. The quantitative estimate of drug-likeness (QED) is 0.790. The monoisotopic (exact) mass is 290 g/mol. The Balaban J connectivity index is 2.05. The van der Waals surface area contributed by atoms with Gasteiger partial charge in [0.05, 0.1) is 11.7 Å². The van der Waals surface area contributed by atoms with Gasteiger partial charge in [0, 0.05) is 19.4 Å². The van der Waals surface area contributed by atoms with E-state index in [2.05, 4.69) is 20.8 Å². The van der Waals surface area contributed by atoms with Crippen LogP contribution in [0.3, 0.4) is 0 Å². The number of nitrogens with two attached hydrogens (primary N) is 1. The number of ether oxygens (including phenoxy) is 1. The van der Waals surface area contributed by atoms with E-state index in [4.69, 9.17) is 10.5 Å². The van der Waals surface area contributed by atoms with E-state index < -0.39 is 6.04 Å². The van der Waals surface area contributed by atoms with E-state index in [9.17, 15) is 4.79 Å². The summed E-state index contributed by atoms with van der Waals surface area (Å²) in [5.41, 5.74) is 8.24. The first-order valence-electron chi connectivity index (χ1n) is 6.51. The van der Waals surface area contributed by atoms with Gasteiger partial charge in [-0.2, -0.15) is 0 Å². The van der Waals surface area contributed by atoms with Crippen molar-refractivity contribution in [2.24, 2.45) is 5.73 Å². The lowest BCUT2D eigenvalue weighted by atomic mass is 10.1. The predicted molar refractivity (Wildman–Crippen MR) is 77.0 cm³/mol. The number of carbonyl (C=O) groups excluding carboxylic acids is 1. The van der Waals surface area contributed by atoms with Gasteiger partial charge in [0.2, 0.25) is 5.91 Å². The molecule has 1 heterocycles. The van der Waals surface area contributed by atoms with E-state index in [0.29, 0.717) is 18.7 Å². The summed E-state index contributed by atoms with van der Waals surface area (Å²) in [4.78, 5) is 11.9. The zero-order valence-corrected chi connectivity index (χ0v) is 12.0. The number of rotatable bonds is 6. The van der Waals surface area contributed by atoms with Crippen molar-refractivity contribution in [2.45, 2.75) is 19.4 Å². The fourth-order valence-corrected chi connectivity index (χ4v) is 1.87. The zero-order chi connectivity index (χ0) is 15.2. The van der Waals surface area contributed by atoms with Crippen LogP contribution in [0.1, 0.15) is 12.0 Å². The minimum Gasteiger partial charge on any atom is -0.385 e. The number of aryl methyl sites for hydroxylation is 1. The molecule has 0 bridgehead atoms. The Kier molecular flexibility index (Phi) is 4.96. The van der Waals surface area contributed by atoms with Crippen molar-refractivity contribution in [3.8, 4) is 5.69 Å². The second-order valence-electron chi connectivity index (χ2n) is 4.63. The van der Waals surface area contributed by atoms with Gasteiger partial charge in [-0.3, -0.25) is 4.79 Å². The number of benzene rings is 1. The van der Waals surface area contributed by atoms with Gasteiger partial charge in [0.15, 0.2) is 0 Å². The number of aromatic nitrogens is 4. The second kappa shape index (κ2) is 6.91.